The predicted octanol–water partition coefficient (Wildman–Crippen LogP) is 2.13. The van der Waals surface area contributed by atoms with E-state index in [4.69, 9.17) is 5.73 Å². The van der Waals surface area contributed by atoms with E-state index in [0.29, 0.717) is 24.1 Å². The van der Waals surface area contributed by atoms with Crippen molar-refractivity contribution < 1.29 is 9.50 Å². The van der Waals surface area contributed by atoms with Crippen molar-refractivity contribution in [1.29, 1.82) is 0 Å². The van der Waals surface area contributed by atoms with Crippen LogP contribution in [0.3, 0.4) is 0 Å². The maximum atomic E-state index is 13.8. The lowest BCUT2D eigenvalue weighted by Gasteiger charge is -2.17. The highest BCUT2D eigenvalue weighted by Crippen LogP contribution is 2.27. The molecular formula is C12H18FNO. The Morgan fingerprint density at radius 1 is 1.33 bits per heavy atom. The van der Waals surface area contributed by atoms with Crippen molar-refractivity contribution in [2.45, 2.75) is 33.3 Å². The van der Waals surface area contributed by atoms with Gasteiger partial charge in [-0.15, -0.1) is 0 Å². The Morgan fingerprint density at radius 2 is 1.93 bits per heavy atom. The number of halogens is 1. The van der Waals surface area contributed by atoms with E-state index < -0.39 is 6.10 Å². The van der Waals surface area contributed by atoms with Gasteiger partial charge in [-0.05, 0) is 50.4 Å². The highest BCUT2D eigenvalue weighted by molar-refractivity contribution is 5.40. The standard InChI is InChI=1S/C12H18FNO/c1-7-6-8(2)12(13)11(9(7)3)10(15)4-5-14/h6,10,15H,4-5,14H2,1-3H3. The van der Waals surface area contributed by atoms with Crippen LogP contribution >= 0.6 is 0 Å². The largest absolute Gasteiger partial charge is 0.388 e. The summed E-state index contributed by atoms with van der Waals surface area (Å²) in [4.78, 5) is 0. The van der Waals surface area contributed by atoms with Gasteiger partial charge in [0.1, 0.15) is 5.82 Å². The lowest BCUT2D eigenvalue weighted by molar-refractivity contribution is 0.164. The van der Waals surface area contributed by atoms with E-state index in [2.05, 4.69) is 0 Å². The van der Waals surface area contributed by atoms with Crippen molar-refractivity contribution in [3.8, 4) is 0 Å². The van der Waals surface area contributed by atoms with E-state index in [9.17, 15) is 9.50 Å². The summed E-state index contributed by atoms with van der Waals surface area (Å²) >= 11 is 0. The van der Waals surface area contributed by atoms with Crippen LogP contribution in [-0.2, 0) is 0 Å². The first-order valence-corrected chi connectivity index (χ1v) is 5.13. The number of rotatable bonds is 3. The number of nitrogens with two attached hydrogens (primary N) is 1. The topological polar surface area (TPSA) is 46.2 Å². The molecule has 1 rings (SSSR count). The second-order valence-corrected chi connectivity index (χ2v) is 3.96. The van der Waals surface area contributed by atoms with Crippen LogP contribution in [-0.4, -0.2) is 11.7 Å². The van der Waals surface area contributed by atoms with Crippen molar-refractivity contribution >= 4 is 0 Å². The average Bonchev–Trinajstić information content (AvgIpc) is 2.16. The van der Waals surface area contributed by atoms with Crippen LogP contribution in [0, 0.1) is 26.6 Å². The summed E-state index contributed by atoms with van der Waals surface area (Å²) in [5.41, 5.74) is 8.15. The lowest BCUT2D eigenvalue weighted by Crippen LogP contribution is -2.11. The Morgan fingerprint density at radius 3 is 2.47 bits per heavy atom. The van der Waals surface area contributed by atoms with Gasteiger partial charge >= 0.3 is 0 Å². The number of hydrogen-bond donors (Lipinski definition) is 2. The Hall–Kier alpha value is -0.930. The van der Waals surface area contributed by atoms with Crippen molar-refractivity contribution in [3.05, 3.63) is 34.1 Å². The molecule has 0 spiro atoms. The second kappa shape index (κ2) is 4.73. The number of aryl methyl sites for hydroxylation is 2. The van der Waals surface area contributed by atoms with Gasteiger partial charge < -0.3 is 10.8 Å². The maximum absolute atomic E-state index is 13.8. The zero-order valence-electron chi connectivity index (χ0n) is 9.47. The zero-order valence-corrected chi connectivity index (χ0v) is 9.47. The SMILES string of the molecule is Cc1cc(C)c(F)c(C(O)CCN)c1C. The minimum atomic E-state index is -0.798. The third-order valence-corrected chi connectivity index (χ3v) is 2.78. The fraction of sp³-hybridized carbons (Fsp3) is 0.500. The van der Waals surface area contributed by atoms with Gasteiger partial charge in [0.2, 0.25) is 0 Å². The van der Waals surface area contributed by atoms with E-state index >= 15 is 0 Å². The van der Waals surface area contributed by atoms with Crippen LogP contribution in [0.25, 0.3) is 0 Å². The molecule has 0 heterocycles. The van der Waals surface area contributed by atoms with Crippen molar-refractivity contribution in [1.82, 2.24) is 0 Å². The van der Waals surface area contributed by atoms with E-state index in [0.717, 1.165) is 11.1 Å². The number of aliphatic hydroxyl groups is 1. The van der Waals surface area contributed by atoms with Crippen LogP contribution in [0.5, 0.6) is 0 Å². The molecule has 1 aromatic rings. The molecule has 0 aliphatic rings. The summed E-state index contributed by atoms with van der Waals surface area (Å²) in [5, 5.41) is 9.81. The van der Waals surface area contributed by atoms with Crippen LogP contribution in [0.15, 0.2) is 6.07 Å². The molecule has 0 bridgehead atoms. The molecular weight excluding hydrogens is 193 g/mol. The van der Waals surface area contributed by atoms with Crippen molar-refractivity contribution in [2.24, 2.45) is 5.73 Å². The molecule has 3 N–H and O–H groups in total. The van der Waals surface area contributed by atoms with Crippen LogP contribution in [0.1, 0.15) is 34.8 Å². The number of aliphatic hydroxyl groups excluding tert-OH is 1. The lowest BCUT2D eigenvalue weighted by atomic mass is 9.94. The number of hydrogen-bond acceptors (Lipinski definition) is 2. The monoisotopic (exact) mass is 211 g/mol. The third kappa shape index (κ3) is 2.36. The summed E-state index contributed by atoms with van der Waals surface area (Å²) in [5.74, 6) is -0.306. The minimum absolute atomic E-state index is 0.306. The van der Waals surface area contributed by atoms with Gasteiger partial charge in [-0.25, -0.2) is 4.39 Å². The first-order chi connectivity index (χ1) is 6.99. The molecule has 0 saturated carbocycles. The summed E-state index contributed by atoms with van der Waals surface area (Å²) in [6.45, 7) is 5.81. The summed E-state index contributed by atoms with van der Waals surface area (Å²) in [6, 6.07) is 1.79. The van der Waals surface area contributed by atoms with E-state index in [-0.39, 0.29) is 5.82 Å². The Labute approximate surface area is 89.9 Å². The third-order valence-electron chi connectivity index (χ3n) is 2.78. The fourth-order valence-corrected chi connectivity index (χ4v) is 1.78. The first kappa shape index (κ1) is 12.1. The van der Waals surface area contributed by atoms with Crippen LogP contribution in [0.4, 0.5) is 4.39 Å². The second-order valence-electron chi connectivity index (χ2n) is 3.96. The first-order valence-electron chi connectivity index (χ1n) is 5.13. The zero-order chi connectivity index (χ0) is 11.6. The van der Waals surface area contributed by atoms with E-state index in [1.54, 1.807) is 13.0 Å². The average molecular weight is 211 g/mol. The molecule has 1 unspecified atom stereocenters. The quantitative estimate of drug-likeness (QED) is 0.804. The van der Waals surface area contributed by atoms with Gasteiger partial charge in [0.15, 0.2) is 0 Å². The van der Waals surface area contributed by atoms with Crippen molar-refractivity contribution in [2.75, 3.05) is 6.54 Å². The molecule has 0 aliphatic heterocycles. The van der Waals surface area contributed by atoms with Gasteiger partial charge in [0.25, 0.3) is 0 Å². The number of benzene rings is 1. The van der Waals surface area contributed by atoms with Crippen molar-refractivity contribution in [3.63, 3.8) is 0 Å². The smallest absolute Gasteiger partial charge is 0.132 e. The van der Waals surface area contributed by atoms with Gasteiger partial charge in [-0.3, -0.25) is 0 Å². The predicted molar refractivity (Wildman–Crippen MR) is 59.2 cm³/mol. The van der Waals surface area contributed by atoms with Gasteiger partial charge in [-0.1, -0.05) is 6.07 Å². The van der Waals surface area contributed by atoms with Crippen LogP contribution in [0.2, 0.25) is 0 Å². The van der Waals surface area contributed by atoms with Gasteiger partial charge in [0, 0.05) is 5.56 Å². The van der Waals surface area contributed by atoms with Gasteiger partial charge in [0.05, 0.1) is 6.10 Å². The fourth-order valence-electron chi connectivity index (χ4n) is 1.78. The normalized spacial score (nSPS) is 12.9. The Balaban J connectivity index is 3.26. The molecule has 15 heavy (non-hydrogen) atoms. The highest BCUT2D eigenvalue weighted by Gasteiger charge is 2.18. The molecule has 0 aromatic heterocycles. The van der Waals surface area contributed by atoms with E-state index in [1.165, 1.54) is 0 Å². The molecule has 0 radical (unpaired) electrons. The maximum Gasteiger partial charge on any atom is 0.132 e. The highest BCUT2D eigenvalue weighted by atomic mass is 19.1. The summed E-state index contributed by atoms with van der Waals surface area (Å²) in [7, 11) is 0. The molecule has 0 aliphatic carbocycles. The molecule has 1 atom stereocenters. The molecule has 1 aromatic carbocycles. The Bertz CT molecular complexity index is 337. The molecule has 0 fully saturated rings. The molecule has 0 amide bonds. The van der Waals surface area contributed by atoms with Crippen LogP contribution < -0.4 is 5.73 Å². The summed E-state index contributed by atoms with van der Waals surface area (Å²) in [6.07, 6.45) is -0.408. The van der Waals surface area contributed by atoms with E-state index in [1.807, 2.05) is 13.8 Å². The Kier molecular flexibility index (Phi) is 3.83. The molecule has 84 valence electrons. The molecule has 3 heteroatoms. The molecule has 2 nitrogen and oxygen atoms in total. The summed E-state index contributed by atoms with van der Waals surface area (Å²) < 4.78 is 13.8. The van der Waals surface area contributed by atoms with Gasteiger partial charge in [-0.2, -0.15) is 0 Å². The minimum Gasteiger partial charge on any atom is -0.388 e. The molecule has 0 saturated heterocycles.